The Labute approximate surface area is 151 Å². The van der Waals surface area contributed by atoms with Gasteiger partial charge in [0.15, 0.2) is 0 Å². The van der Waals surface area contributed by atoms with Crippen LogP contribution in [0, 0.1) is 12.7 Å². The van der Waals surface area contributed by atoms with Crippen LogP contribution in [0.4, 0.5) is 10.1 Å². The van der Waals surface area contributed by atoms with E-state index in [4.69, 9.17) is 0 Å². The summed E-state index contributed by atoms with van der Waals surface area (Å²) in [6.07, 6.45) is 8.27. The first-order valence-electron chi connectivity index (χ1n) is 8.33. The third-order valence-electron chi connectivity index (χ3n) is 4.01. The van der Waals surface area contributed by atoms with E-state index in [0.717, 1.165) is 23.4 Å². The summed E-state index contributed by atoms with van der Waals surface area (Å²) in [5.74, 6) is -0.511. The molecule has 3 rings (SSSR count). The number of carbonyl (C=O) groups excluding carboxylic acids is 1. The van der Waals surface area contributed by atoms with E-state index in [2.05, 4.69) is 15.5 Å². The zero-order valence-corrected chi connectivity index (χ0v) is 14.7. The van der Waals surface area contributed by atoms with Crippen molar-refractivity contribution in [1.82, 2.24) is 19.6 Å². The molecule has 0 saturated heterocycles. The summed E-state index contributed by atoms with van der Waals surface area (Å²) in [6, 6.07) is 6.23. The minimum Gasteiger partial charge on any atom is -0.320 e. The van der Waals surface area contributed by atoms with E-state index in [-0.39, 0.29) is 11.7 Å². The summed E-state index contributed by atoms with van der Waals surface area (Å²) >= 11 is 0. The minimum absolute atomic E-state index is 0.241. The van der Waals surface area contributed by atoms with Gasteiger partial charge in [-0.25, -0.2) is 4.39 Å². The standard InChI is InChI=1S/C19H20FN5O/c1-3-25-14(2)16(10-22-25)6-9-19(26)23-18-11-21-24(13-18)12-15-4-7-17(20)8-5-15/h4-11,13H,3,12H2,1-2H3,(H,23,26). The normalized spacial score (nSPS) is 11.2. The molecule has 0 atom stereocenters. The first kappa shape index (κ1) is 17.6. The number of aromatic nitrogens is 4. The molecule has 0 radical (unpaired) electrons. The van der Waals surface area contributed by atoms with Gasteiger partial charge in [0.1, 0.15) is 5.82 Å². The number of nitrogens with zero attached hydrogens (tertiary/aromatic N) is 4. The molecule has 6 nitrogen and oxygen atoms in total. The maximum absolute atomic E-state index is 12.9. The molecule has 7 heteroatoms. The van der Waals surface area contributed by atoms with Gasteiger partial charge in [-0.3, -0.25) is 14.2 Å². The van der Waals surface area contributed by atoms with E-state index in [1.807, 2.05) is 18.5 Å². The fraction of sp³-hybridized carbons (Fsp3) is 0.211. The van der Waals surface area contributed by atoms with Crippen molar-refractivity contribution in [3.63, 3.8) is 0 Å². The van der Waals surface area contributed by atoms with Gasteiger partial charge >= 0.3 is 0 Å². The zero-order chi connectivity index (χ0) is 18.5. The van der Waals surface area contributed by atoms with Crippen LogP contribution in [-0.2, 0) is 17.9 Å². The first-order chi connectivity index (χ1) is 12.5. The average molecular weight is 353 g/mol. The summed E-state index contributed by atoms with van der Waals surface area (Å²) in [7, 11) is 0. The Morgan fingerprint density at radius 2 is 2.00 bits per heavy atom. The Morgan fingerprint density at radius 3 is 2.69 bits per heavy atom. The van der Waals surface area contributed by atoms with Gasteiger partial charge in [0, 0.05) is 30.1 Å². The molecule has 2 heterocycles. The monoisotopic (exact) mass is 353 g/mol. The van der Waals surface area contributed by atoms with Crippen LogP contribution in [0.3, 0.4) is 0 Å². The predicted molar refractivity (Wildman–Crippen MR) is 98.0 cm³/mol. The summed E-state index contributed by atoms with van der Waals surface area (Å²) < 4.78 is 16.5. The third kappa shape index (κ3) is 4.24. The van der Waals surface area contributed by atoms with Crippen LogP contribution in [0.2, 0.25) is 0 Å². The van der Waals surface area contributed by atoms with E-state index >= 15 is 0 Å². The molecule has 26 heavy (non-hydrogen) atoms. The summed E-state index contributed by atoms with van der Waals surface area (Å²) in [4.78, 5) is 12.1. The maximum Gasteiger partial charge on any atom is 0.248 e. The lowest BCUT2D eigenvalue weighted by Crippen LogP contribution is -2.07. The fourth-order valence-electron chi connectivity index (χ4n) is 2.58. The van der Waals surface area contributed by atoms with Crippen LogP contribution in [0.25, 0.3) is 6.08 Å². The van der Waals surface area contributed by atoms with Crippen LogP contribution >= 0.6 is 0 Å². The Balaban J connectivity index is 1.59. The highest BCUT2D eigenvalue weighted by atomic mass is 19.1. The van der Waals surface area contributed by atoms with Crippen molar-refractivity contribution in [2.45, 2.75) is 26.9 Å². The van der Waals surface area contributed by atoms with Gasteiger partial charge < -0.3 is 5.32 Å². The molecule has 3 aromatic rings. The number of hydrogen-bond acceptors (Lipinski definition) is 3. The Bertz CT molecular complexity index is 924. The van der Waals surface area contributed by atoms with Crippen molar-refractivity contribution in [3.05, 3.63) is 71.6 Å². The maximum atomic E-state index is 12.9. The Kier molecular flexibility index (Phi) is 5.26. The Morgan fingerprint density at radius 1 is 1.23 bits per heavy atom. The number of nitrogens with one attached hydrogen (secondary N) is 1. The molecule has 0 spiro atoms. The lowest BCUT2D eigenvalue weighted by atomic mass is 10.2. The molecule has 1 N–H and O–H groups in total. The van der Waals surface area contributed by atoms with Gasteiger partial charge in [-0.2, -0.15) is 10.2 Å². The Hall–Kier alpha value is -3.22. The number of benzene rings is 1. The number of anilines is 1. The smallest absolute Gasteiger partial charge is 0.248 e. The SMILES string of the molecule is CCn1ncc(C=CC(=O)Nc2cnn(Cc3ccc(F)cc3)c2)c1C. The van der Waals surface area contributed by atoms with Crippen molar-refractivity contribution in [2.24, 2.45) is 0 Å². The molecule has 0 aliphatic rings. The van der Waals surface area contributed by atoms with Crippen molar-refractivity contribution >= 4 is 17.7 Å². The minimum atomic E-state index is -0.270. The first-order valence-corrected chi connectivity index (χ1v) is 8.33. The van der Waals surface area contributed by atoms with E-state index in [9.17, 15) is 9.18 Å². The van der Waals surface area contributed by atoms with Gasteiger partial charge in [0.2, 0.25) is 5.91 Å². The molecule has 0 saturated carbocycles. The fourth-order valence-corrected chi connectivity index (χ4v) is 2.58. The number of rotatable bonds is 6. The molecule has 0 aliphatic carbocycles. The van der Waals surface area contributed by atoms with Gasteiger partial charge in [-0.15, -0.1) is 0 Å². The molecular weight excluding hydrogens is 333 g/mol. The molecule has 2 aromatic heterocycles. The van der Waals surface area contributed by atoms with E-state index in [1.54, 1.807) is 41.5 Å². The molecule has 1 amide bonds. The topological polar surface area (TPSA) is 64.7 Å². The molecule has 0 unspecified atom stereocenters. The van der Waals surface area contributed by atoms with Crippen molar-refractivity contribution < 1.29 is 9.18 Å². The lowest BCUT2D eigenvalue weighted by molar-refractivity contribution is -0.111. The molecule has 134 valence electrons. The average Bonchev–Trinajstić information content (AvgIpc) is 3.21. The summed E-state index contributed by atoms with van der Waals surface area (Å²) in [6.45, 7) is 5.28. The van der Waals surface area contributed by atoms with Crippen molar-refractivity contribution in [3.8, 4) is 0 Å². The largest absolute Gasteiger partial charge is 0.320 e. The van der Waals surface area contributed by atoms with Crippen LogP contribution in [0.5, 0.6) is 0 Å². The molecule has 0 bridgehead atoms. The van der Waals surface area contributed by atoms with Crippen molar-refractivity contribution in [1.29, 1.82) is 0 Å². The second-order valence-corrected chi connectivity index (χ2v) is 5.88. The molecule has 1 aromatic carbocycles. The van der Waals surface area contributed by atoms with Crippen LogP contribution in [0.1, 0.15) is 23.7 Å². The van der Waals surface area contributed by atoms with Crippen molar-refractivity contribution in [2.75, 3.05) is 5.32 Å². The second kappa shape index (κ2) is 7.77. The predicted octanol–water partition coefficient (Wildman–Crippen LogP) is 3.25. The van der Waals surface area contributed by atoms with E-state index < -0.39 is 0 Å². The highest BCUT2D eigenvalue weighted by Gasteiger charge is 2.05. The number of amides is 1. The molecular formula is C19H20FN5O. The second-order valence-electron chi connectivity index (χ2n) is 5.88. The number of halogens is 1. The van der Waals surface area contributed by atoms with Gasteiger partial charge in [-0.05, 0) is 37.6 Å². The van der Waals surface area contributed by atoms with E-state index in [1.165, 1.54) is 18.2 Å². The van der Waals surface area contributed by atoms with Crippen LogP contribution in [0.15, 0.2) is 48.9 Å². The van der Waals surface area contributed by atoms with Crippen LogP contribution in [-0.4, -0.2) is 25.5 Å². The number of carbonyl (C=O) groups is 1. The summed E-state index contributed by atoms with van der Waals surface area (Å²) in [5, 5.41) is 11.2. The summed E-state index contributed by atoms with van der Waals surface area (Å²) in [5.41, 5.74) is 3.45. The van der Waals surface area contributed by atoms with Crippen LogP contribution < -0.4 is 5.32 Å². The van der Waals surface area contributed by atoms with Gasteiger partial charge in [-0.1, -0.05) is 12.1 Å². The quantitative estimate of drug-likeness (QED) is 0.692. The molecule has 0 aliphatic heterocycles. The van der Waals surface area contributed by atoms with Gasteiger partial charge in [0.25, 0.3) is 0 Å². The third-order valence-corrected chi connectivity index (χ3v) is 4.01. The number of hydrogen-bond donors (Lipinski definition) is 1. The van der Waals surface area contributed by atoms with E-state index in [0.29, 0.717) is 12.2 Å². The zero-order valence-electron chi connectivity index (χ0n) is 14.7. The molecule has 0 fully saturated rings. The lowest BCUT2D eigenvalue weighted by Gasteiger charge is -2.01. The van der Waals surface area contributed by atoms with Gasteiger partial charge in [0.05, 0.1) is 24.6 Å². The number of aryl methyl sites for hydroxylation is 1. The highest BCUT2D eigenvalue weighted by molar-refractivity contribution is 6.01. The highest BCUT2D eigenvalue weighted by Crippen LogP contribution is 2.11.